The zero-order chi connectivity index (χ0) is 12.3. The predicted octanol–water partition coefficient (Wildman–Crippen LogP) is 4.50. The van der Waals surface area contributed by atoms with Crippen molar-refractivity contribution in [2.45, 2.75) is 6.61 Å². The maximum atomic E-state index is 9.01. The van der Waals surface area contributed by atoms with Crippen molar-refractivity contribution in [2.24, 2.45) is 0 Å². The van der Waals surface area contributed by atoms with Crippen LogP contribution in [0.25, 0.3) is 0 Å². The molecule has 0 amide bonds. The molecule has 0 unspecified atom stereocenters. The molecule has 0 fully saturated rings. The highest BCUT2D eigenvalue weighted by molar-refractivity contribution is 9.10. The average Bonchev–Trinajstić information content (AvgIpc) is 2.32. The van der Waals surface area contributed by atoms with Gasteiger partial charge in [0.25, 0.3) is 0 Å². The van der Waals surface area contributed by atoms with Crippen LogP contribution in [0.2, 0.25) is 0 Å². The summed E-state index contributed by atoms with van der Waals surface area (Å²) in [4.78, 5) is 0. The van der Waals surface area contributed by atoms with Crippen molar-refractivity contribution in [2.75, 3.05) is 0 Å². The predicted molar refractivity (Wildman–Crippen MR) is 74.3 cm³/mol. The number of aliphatic hydroxyl groups is 1. The van der Waals surface area contributed by atoms with Gasteiger partial charge < -0.3 is 9.84 Å². The van der Waals surface area contributed by atoms with Crippen LogP contribution in [-0.4, -0.2) is 5.11 Å². The minimum absolute atomic E-state index is 0.0236. The summed E-state index contributed by atoms with van der Waals surface area (Å²) in [6.45, 7) is 0.0236. The first kappa shape index (κ1) is 12.6. The van der Waals surface area contributed by atoms with Gasteiger partial charge in [-0.05, 0) is 51.8 Å². The van der Waals surface area contributed by atoms with Crippen molar-refractivity contribution in [3.05, 3.63) is 57.0 Å². The number of hydrogen-bond acceptors (Lipinski definition) is 2. The van der Waals surface area contributed by atoms with E-state index in [1.54, 1.807) is 0 Å². The molecule has 2 nitrogen and oxygen atoms in total. The summed E-state index contributed by atoms with van der Waals surface area (Å²) in [6, 6.07) is 13.1. The zero-order valence-electron chi connectivity index (χ0n) is 8.86. The standard InChI is InChI=1S/C13H10Br2O2/c14-10-2-1-3-11(7-10)17-13-5-4-9(8-16)6-12(13)15/h1-7,16H,8H2. The number of hydrogen-bond donors (Lipinski definition) is 1. The highest BCUT2D eigenvalue weighted by Gasteiger charge is 2.04. The molecule has 0 atom stereocenters. The van der Waals surface area contributed by atoms with E-state index in [1.807, 2.05) is 42.5 Å². The topological polar surface area (TPSA) is 29.5 Å². The maximum Gasteiger partial charge on any atom is 0.141 e. The summed E-state index contributed by atoms with van der Waals surface area (Å²) in [7, 11) is 0. The van der Waals surface area contributed by atoms with Gasteiger partial charge in [0.1, 0.15) is 11.5 Å². The fraction of sp³-hybridized carbons (Fsp3) is 0.0769. The lowest BCUT2D eigenvalue weighted by atomic mass is 10.2. The number of rotatable bonds is 3. The molecule has 0 saturated carbocycles. The van der Waals surface area contributed by atoms with Crippen LogP contribution in [0.5, 0.6) is 11.5 Å². The molecular formula is C13H10Br2O2. The minimum atomic E-state index is 0.0236. The highest BCUT2D eigenvalue weighted by atomic mass is 79.9. The first-order valence-electron chi connectivity index (χ1n) is 5.02. The molecule has 2 aromatic rings. The van der Waals surface area contributed by atoms with Crippen LogP contribution in [0.15, 0.2) is 51.4 Å². The summed E-state index contributed by atoms with van der Waals surface area (Å²) in [5, 5.41) is 9.01. The molecule has 1 N–H and O–H groups in total. The second-order valence-corrected chi connectivity index (χ2v) is 5.25. The van der Waals surface area contributed by atoms with Gasteiger partial charge in [0, 0.05) is 4.47 Å². The Morgan fingerprint density at radius 1 is 1.06 bits per heavy atom. The Hall–Kier alpha value is -0.840. The molecular weight excluding hydrogens is 348 g/mol. The van der Waals surface area contributed by atoms with Crippen molar-refractivity contribution in [3.8, 4) is 11.5 Å². The molecule has 0 aromatic heterocycles. The number of benzene rings is 2. The second-order valence-electron chi connectivity index (χ2n) is 3.48. The van der Waals surface area contributed by atoms with Crippen LogP contribution in [0.4, 0.5) is 0 Å². The van der Waals surface area contributed by atoms with E-state index in [0.29, 0.717) is 0 Å². The van der Waals surface area contributed by atoms with Gasteiger partial charge >= 0.3 is 0 Å². The van der Waals surface area contributed by atoms with E-state index in [1.165, 1.54) is 0 Å². The van der Waals surface area contributed by atoms with Crippen molar-refractivity contribution < 1.29 is 9.84 Å². The first-order chi connectivity index (χ1) is 8.19. The van der Waals surface area contributed by atoms with Crippen LogP contribution in [0.1, 0.15) is 5.56 Å². The summed E-state index contributed by atoms with van der Waals surface area (Å²) >= 11 is 6.81. The van der Waals surface area contributed by atoms with Gasteiger partial charge in [-0.3, -0.25) is 0 Å². The van der Waals surface area contributed by atoms with Gasteiger partial charge in [0.05, 0.1) is 11.1 Å². The molecule has 0 saturated heterocycles. The lowest BCUT2D eigenvalue weighted by molar-refractivity contribution is 0.281. The van der Waals surface area contributed by atoms with Gasteiger partial charge in [-0.2, -0.15) is 0 Å². The first-order valence-corrected chi connectivity index (χ1v) is 6.60. The fourth-order valence-electron chi connectivity index (χ4n) is 1.38. The molecule has 0 aliphatic carbocycles. The summed E-state index contributed by atoms with van der Waals surface area (Å²) in [6.07, 6.45) is 0. The van der Waals surface area contributed by atoms with E-state index in [2.05, 4.69) is 31.9 Å². The van der Waals surface area contributed by atoms with E-state index >= 15 is 0 Å². The van der Waals surface area contributed by atoms with E-state index < -0.39 is 0 Å². The van der Waals surface area contributed by atoms with Gasteiger partial charge in [0.15, 0.2) is 0 Å². The lowest BCUT2D eigenvalue weighted by Crippen LogP contribution is -1.88. The Morgan fingerprint density at radius 3 is 2.53 bits per heavy atom. The van der Waals surface area contributed by atoms with Gasteiger partial charge in [0.2, 0.25) is 0 Å². The summed E-state index contributed by atoms with van der Waals surface area (Å²) in [5.41, 5.74) is 0.846. The van der Waals surface area contributed by atoms with E-state index in [-0.39, 0.29) is 6.61 Å². The molecule has 0 aliphatic rings. The third-order valence-corrected chi connectivity index (χ3v) is 3.32. The van der Waals surface area contributed by atoms with Crippen LogP contribution >= 0.6 is 31.9 Å². The van der Waals surface area contributed by atoms with Crippen LogP contribution in [0, 0.1) is 0 Å². The Bertz CT molecular complexity index is 527. The molecule has 0 radical (unpaired) electrons. The second kappa shape index (κ2) is 5.67. The zero-order valence-corrected chi connectivity index (χ0v) is 12.0. The number of aliphatic hydroxyl groups excluding tert-OH is 1. The Morgan fingerprint density at radius 2 is 1.88 bits per heavy atom. The van der Waals surface area contributed by atoms with E-state index in [0.717, 1.165) is 26.0 Å². The molecule has 17 heavy (non-hydrogen) atoms. The largest absolute Gasteiger partial charge is 0.456 e. The third kappa shape index (κ3) is 3.31. The van der Waals surface area contributed by atoms with E-state index in [4.69, 9.17) is 9.84 Å². The smallest absolute Gasteiger partial charge is 0.141 e. The summed E-state index contributed by atoms with van der Waals surface area (Å²) in [5.74, 6) is 1.48. The highest BCUT2D eigenvalue weighted by Crippen LogP contribution is 2.31. The maximum absolute atomic E-state index is 9.01. The minimum Gasteiger partial charge on any atom is -0.456 e. The molecule has 2 rings (SSSR count). The van der Waals surface area contributed by atoms with Gasteiger partial charge in [-0.15, -0.1) is 0 Å². The van der Waals surface area contributed by atoms with Crippen molar-refractivity contribution in [1.82, 2.24) is 0 Å². The number of ether oxygens (including phenoxy) is 1. The normalized spacial score (nSPS) is 10.3. The third-order valence-electron chi connectivity index (χ3n) is 2.20. The number of halogens is 2. The summed E-state index contributed by atoms with van der Waals surface area (Å²) < 4.78 is 7.52. The Labute approximate surface area is 116 Å². The van der Waals surface area contributed by atoms with E-state index in [9.17, 15) is 0 Å². The molecule has 4 heteroatoms. The fourth-order valence-corrected chi connectivity index (χ4v) is 2.27. The van der Waals surface area contributed by atoms with Crippen LogP contribution in [0.3, 0.4) is 0 Å². The van der Waals surface area contributed by atoms with Gasteiger partial charge in [-0.1, -0.05) is 28.1 Å². The Balaban J connectivity index is 2.24. The molecule has 0 heterocycles. The molecule has 0 aliphatic heterocycles. The monoisotopic (exact) mass is 356 g/mol. The van der Waals surface area contributed by atoms with Crippen LogP contribution < -0.4 is 4.74 Å². The lowest BCUT2D eigenvalue weighted by Gasteiger charge is -2.09. The Kier molecular flexibility index (Phi) is 4.20. The van der Waals surface area contributed by atoms with Crippen molar-refractivity contribution in [1.29, 1.82) is 0 Å². The SMILES string of the molecule is OCc1ccc(Oc2cccc(Br)c2)c(Br)c1. The van der Waals surface area contributed by atoms with Crippen molar-refractivity contribution >= 4 is 31.9 Å². The van der Waals surface area contributed by atoms with Gasteiger partial charge in [-0.25, -0.2) is 0 Å². The average molecular weight is 358 g/mol. The van der Waals surface area contributed by atoms with Crippen molar-refractivity contribution in [3.63, 3.8) is 0 Å². The molecule has 88 valence electrons. The quantitative estimate of drug-likeness (QED) is 0.876. The molecule has 2 aromatic carbocycles. The molecule has 0 spiro atoms. The van der Waals surface area contributed by atoms with Crippen LogP contribution in [-0.2, 0) is 6.61 Å². The molecule has 0 bridgehead atoms.